The van der Waals surface area contributed by atoms with Gasteiger partial charge in [0, 0.05) is 23.2 Å². The van der Waals surface area contributed by atoms with Gasteiger partial charge in [0.25, 0.3) is 0 Å². The summed E-state index contributed by atoms with van der Waals surface area (Å²) < 4.78 is 0. The molecule has 0 amide bonds. The molecule has 0 radical (unpaired) electrons. The van der Waals surface area contributed by atoms with Gasteiger partial charge in [0.05, 0.1) is 0 Å². The minimum Gasteiger partial charge on any atom is -0.308 e. The molecule has 0 saturated carbocycles. The van der Waals surface area contributed by atoms with Crippen LogP contribution in [0.25, 0.3) is 0 Å². The first-order valence-electron chi connectivity index (χ1n) is 6.87. The van der Waals surface area contributed by atoms with Crippen LogP contribution in [-0.2, 0) is 6.54 Å². The molecule has 2 aromatic rings. The topological polar surface area (TPSA) is 24.9 Å². The van der Waals surface area contributed by atoms with Gasteiger partial charge in [-0.2, -0.15) is 0 Å². The van der Waals surface area contributed by atoms with E-state index in [9.17, 15) is 0 Å². The van der Waals surface area contributed by atoms with Crippen LogP contribution in [0, 0.1) is 6.92 Å². The van der Waals surface area contributed by atoms with E-state index in [0.717, 1.165) is 11.6 Å². The number of benzene rings is 1. The molecule has 0 saturated heterocycles. The fraction of sp³-hybridized carbons (Fsp3) is 0.353. The average molecular weight is 286 g/mol. The van der Waals surface area contributed by atoms with Gasteiger partial charge in [-0.3, -0.25) is 0 Å². The largest absolute Gasteiger partial charge is 0.308 e. The lowest BCUT2D eigenvalue weighted by atomic mass is 10.1. The Bertz CT molecular complexity index is 559. The molecule has 3 heteroatoms. The third kappa shape index (κ3) is 4.66. The SMILES string of the molecule is Cc1ccc(Sc2ccccn2)c(CNC(C)(C)C)c1. The lowest BCUT2D eigenvalue weighted by Crippen LogP contribution is -2.35. The lowest BCUT2D eigenvalue weighted by molar-refractivity contribution is 0.422. The van der Waals surface area contributed by atoms with Crippen molar-refractivity contribution in [3.8, 4) is 0 Å². The second-order valence-corrected chi connectivity index (χ2v) is 7.05. The zero-order valence-electron chi connectivity index (χ0n) is 12.6. The van der Waals surface area contributed by atoms with Gasteiger partial charge < -0.3 is 5.32 Å². The van der Waals surface area contributed by atoms with Crippen molar-refractivity contribution >= 4 is 11.8 Å². The summed E-state index contributed by atoms with van der Waals surface area (Å²) in [6.07, 6.45) is 1.84. The highest BCUT2D eigenvalue weighted by atomic mass is 32.2. The van der Waals surface area contributed by atoms with Gasteiger partial charge >= 0.3 is 0 Å². The minimum atomic E-state index is 0.122. The zero-order chi connectivity index (χ0) is 14.6. The molecule has 2 rings (SSSR count). The Balaban J connectivity index is 2.19. The van der Waals surface area contributed by atoms with E-state index in [1.165, 1.54) is 16.0 Å². The fourth-order valence-corrected chi connectivity index (χ4v) is 2.71. The van der Waals surface area contributed by atoms with Crippen LogP contribution in [0.15, 0.2) is 52.5 Å². The summed E-state index contributed by atoms with van der Waals surface area (Å²) >= 11 is 1.72. The van der Waals surface area contributed by atoms with Crippen LogP contribution in [0.1, 0.15) is 31.9 Å². The number of nitrogens with one attached hydrogen (secondary N) is 1. The highest BCUT2D eigenvalue weighted by Gasteiger charge is 2.11. The van der Waals surface area contributed by atoms with Gasteiger partial charge in [0.15, 0.2) is 0 Å². The summed E-state index contributed by atoms with van der Waals surface area (Å²) in [4.78, 5) is 5.66. The third-order valence-corrected chi connectivity index (χ3v) is 3.95. The predicted octanol–water partition coefficient (Wildman–Crippen LogP) is 4.43. The van der Waals surface area contributed by atoms with Gasteiger partial charge in [-0.1, -0.05) is 35.5 Å². The number of aromatic nitrogens is 1. The summed E-state index contributed by atoms with van der Waals surface area (Å²) in [5.74, 6) is 0. The van der Waals surface area contributed by atoms with Crippen molar-refractivity contribution in [2.75, 3.05) is 0 Å². The van der Waals surface area contributed by atoms with Crippen molar-refractivity contribution in [2.45, 2.75) is 49.7 Å². The maximum absolute atomic E-state index is 4.39. The highest BCUT2D eigenvalue weighted by molar-refractivity contribution is 7.99. The summed E-state index contributed by atoms with van der Waals surface area (Å²) in [7, 11) is 0. The molecule has 0 aliphatic carbocycles. The van der Waals surface area contributed by atoms with Crippen molar-refractivity contribution in [1.82, 2.24) is 10.3 Å². The first kappa shape index (κ1) is 15.1. The molecule has 1 heterocycles. The van der Waals surface area contributed by atoms with Crippen LogP contribution < -0.4 is 5.32 Å². The van der Waals surface area contributed by atoms with E-state index in [1.807, 2.05) is 24.4 Å². The van der Waals surface area contributed by atoms with Crippen LogP contribution in [0.4, 0.5) is 0 Å². The van der Waals surface area contributed by atoms with E-state index >= 15 is 0 Å². The summed E-state index contributed by atoms with van der Waals surface area (Å²) in [5.41, 5.74) is 2.74. The van der Waals surface area contributed by atoms with E-state index in [1.54, 1.807) is 11.8 Å². The monoisotopic (exact) mass is 286 g/mol. The molecule has 1 aromatic carbocycles. The number of hydrogen-bond donors (Lipinski definition) is 1. The first-order valence-corrected chi connectivity index (χ1v) is 7.69. The molecule has 0 spiro atoms. The molecule has 1 aromatic heterocycles. The van der Waals surface area contributed by atoms with Gasteiger partial charge in [0.1, 0.15) is 5.03 Å². The molecule has 1 N–H and O–H groups in total. The van der Waals surface area contributed by atoms with Crippen molar-refractivity contribution in [3.63, 3.8) is 0 Å². The molecule has 0 aliphatic rings. The fourth-order valence-electron chi connectivity index (χ4n) is 1.83. The van der Waals surface area contributed by atoms with E-state index < -0.39 is 0 Å². The first-order chi connectivity index (χ1) is 9.44. The Labute approximate surface area is 126 Å². The molecular formula is C17H22N2S. The molecule has 0 atom stereocenters. The van der Waals surface area contributed by atoms with E-state index in [0.29, 0.717) is 0 Å². The Morgan fingerprint density at radius 2 is 1.95 bits per heavy atom. The predicted molar refractivity (Wildman–Crippen MR) is 86.1 cm³/mol. The number of rotatable bonds is 4. The number of hydrogen-bond acceptors (Lipinski definition) is 3. The van der Waals surface area contributed by atoms with Crippen LogP contribution in [0.3, 0.4) is 0 Å². The zero-order valence-corrected chi connectivity index (χ0v) is 13.4. The maximum atomic E-state index is 4.39. The van der Waals surface area contributed by atoms with Crippen LogP contribution in [-0.4, -0.2) is 10.5 Å². The van der Waals surface area contributed by atoms with Crippen LogP contribution in [0.5, 0.6) is 0 Å². The van der Waals surface area contributed by atoms with Crippen molar-refractivity contribution < 1.29 is 0 Å². The number of pyridine rings is 1. The van der Waals surface area contributed by atoms with Gasteiger partial charge in [-0.15, -0.1) is 0 Å². The van der Waals surface area contributed by atoms with Crippen LogP contribution in [0.2, 0.25) is 0 Å². The summed E-state index contributed by atoms with van der Waals surface area (Å²) in [5, 5.41) is 4.59. The highest BCUT2D eigenvalue weighted by Crippen LogP contribution is 2.29. The smallest absolute Gasteiger partial charge is 0.101 e. The molecule has 0 aliphatic heterocycles. The van der Waals surface area contributed by atoms with Crippen molar-refractivity contribution in [1.29, 1.82) is 0 Å². The molecule has 2 nitrogen and oxygen atoms in total. The Morgan fingerprint density at radius 3 is 2.60 bits per heavy atom. The second kappa shape index (κ2) is 6.42. The minimum absolute atomic E-state index is 0.122. The number of nitrogens with zero attached hydrogens (tertiary/aromatic N) is 1. The van der Waals surface area contributed by atoms with E-state index in [4.69, 9.17) is 0 Å². The van der Waals surface area contributed by atoms with Crippen molar-refractivity contribution in [3.05, 3.63) is 53.7 Å². The van der Waals surface area contributed by atoms with Crippen molar-refractivity contribution in [2.24, 2.45) is 0 Å². The normalized spacial score (nSPS) is 11.6. The summed E-state index contributed by atoms with van der Waals surface area (Å²) in [6, 6.07) is 12.6. The third-order valence-electron chi connectivity index (χ3n) is 2.88. The molecule has 20 heavy (non-hydrogen) atoms. The Hall–Kier alpha value is -1.32. The molecular weight excluding hydrogens is 264 g/mol. The standard InChI is InChI=1S/C17H22N2S/c1-13-8-9-15(20-16-7-5-6-10-18-16)14(11-13)12-19-17(2,3)4/h5-11,19H,12H2,1-4H3. The molecule has 0 bridgehead atoms. The Morgan fingerprint density at radius 1 is 1.15 bits per heavy atom. The van der Waals surface area contributed by atoms with E-state index in [-0.39, 0.29) is 5.54 Å². The van der Waals surface area contributed by atoms with Crippen LogP contribution >= 0.6 is 11.8 Å². The summed E-state index contributed by atoms with van der Waals surface area (Å²) in [6.45, 7) is 9.58. The maximum Gasteiger partial charge on any atom is 0.101 e. The average Bonchev–Trinajstić information content (AvgIpc) is 2.39. The second-order valence-electron chi connectivity index (χ2n) is 5.98. The number of aryl methyl sites for hydroxylation is 1. The molecule has 106 valence electrons. The quantitative estimate of drug-likeness (QED) is 0.900. The lowest BCUT2D eigenvalue weighted by Gasteiger charge is -2.21. The Kier molecular flexibility index (Phi) is 4.84. The molecule has 0 unspecified atom stereocenters. The van der Waals surface area contributed by atoms with Gasteiger partial charge in [0.2, 0.25) is 0 Å². The van der Waals surface area contributed by atoms with Gasteiger partial charge in [-0.05, 0) is 51.5 Å². The molecule has 0 fully saturated rings. The van der Waals surface area contributed by atoms with E-state index in [2.05, 4.69) is 56.2 Å². The van der Waals surface area contributed by atoms with Gasteiger partial charge in [-0.25, -0.2) is 4.98 Å².